The number of piperazine rings is 1. The van der Waals surface area contributed by atoms with Gasteiger partial charge in [0.25, 0.3) is 5.91 Å². The summed E-state index contributed by atoms with van der Waals surface area (Å²) < 4.78 is 13.2. The van der Waals surface area contributed by atoms with Crippen molar-refractivity contribution in [2.75, 3.05) is 26.2 Å². The SMILES string of the molecule is O=C(c1cc(F)cnc1Cl)N1CCN(C2CC2)CC1. The monoisotopic (exact) mass is 283 g/mol. The summed E-state index contributed by atoms with van der Waals surface area (Å²) in [7, 11) is 0. The summed E-state index contributed by atoms with van der Waals surface area (Å²) in [6.45, 7) is 3.11. The molecule has 1 aliphatic heterocycles. The molecule has 1 aliphatic carbocycles. The Morgan fingerprint density at radius 2 is 2.00 bits per heavy atom. The lowest BCUT2D eigenvalue weighted by Gasteiger charge is -2.34. The maximum absolute atomic E-state index is 13.2. The molecule has 0 radical (unpaired) electrons. The van der Waals surface area contributed by atoms with Crippen molar-refractivity contribution in [3.8, 4) is 0 Å². The number of pyridine rings is 1. The van der Waals surface area contributed by atoms with Gasteiger partial charge in [0, 0.05) is 32.2 Å². The normalized spacial score (nSPS) is 20.6. The highest BCUT2D eigenvalue weighted by Gasteiger charge is 2.32. The summed E-state index contributed by atoms with van der Waals surface area (Å²) >= 11 is 5.86. The molecule has 2 aliphatic rings. The van der Waals surface area contributed by atoms with E-state index in [-0.39, 0.29) is 16.6 Å². The first-order chi connectivity index (χ1) is 9.15. The molecular weight excluding hydrogens is 269 g/mol. The van der Waals surface area contributed by atoms with Crippen molar-refractivity contribution in [2.45, 2.75) is 18.9 Å². The third kappa shape index (κ3) is 2.72. The van der Waals surface area contributed by atoms with Crippen LogP contribution in [-0.4, -0.2) is 52.9 Å². The van der Waals surface area contributed by atoms with Crippen LogP contribution in [-0.2, 0) is 0 Å². The minimum Gasteiger partial charge on any atom is -0.336 e. The molecule has 0 N–H and O–H groups in total. The number of hydrogen-bond donors (Lipinski definition) is 0. The van der Waals surface area contributed by atoms with E-state index < -0.39 is 5.82 Å². The summed E-state index contributed by atoms with van der Waals surface area (Å²) in [5, 5.41) is 0.0658. The third-order valence-corrected chi connectivity index (χ3v) is 4.00. The van der Waals surface area contributed by atoms with E-state index in [0.717, 1.165) is 31.4 Å². The average Bonchev–Trinajstić information content (AvgIpc) is 3.25. The molecule has 4 nitrogen and oxygen atoms in total. The van der Waals surface area contributed by atoms with Crippen LogP contribution in [0.5, 0.6) is 0 Å². The molecule has 1 saturated carbocycles. The predicted molar refractivity (Wildman–Crippen MR) is 69.7 cm³/mol. The van der Waals surface area contributed by atoms with Gasteiger partial charge in [-0.1, -0.05) is 11.6 Å². The highest BCUT2D eigenvalue weighted by atomic mass is 35.5. The van der Waals surface area contributed by atoms with E-state index in [1.54, 1.807) is 4.90 Å². The van der Waals surface area contributed by atoms with Crippen molar-refractivity contribution in [1.82, 2.24) is 14.8 Å². The molecule has 0 spiro atoms. The molecule has 102 valence electrons. The Kier molecular flexibility index (Phi) is 3.41. The van der Waals surface area contributed by atoms with Crippen LogP contribution in [0.3, 0.4) is 0 Å². The van der Waals surface area contributed by atoms with E-state index in [9.17, 15) is 9.18 Å². The number of carbonyl (C=O) groups excluding carboxylic acids is 1. The second-order valence-electron chi connectivity index (χ2n) is 5.05. The molecule has 6 heteroatoms. The zero-order valence-electron chi connectivity index (χ0n) is 10.5. The van der Waals surface area contributed by atoms with Crippen molar-refractivity contribution in [3.63, 3.8) is 0 Å². The number of nitrogens with zero attached hydrogens (tertiary/aromatic N) is 3. The Bertz CT molecular complexity index is 499. The van der Waals surface area contributed by atoms with Crippen molar-refractivity contribution < 1.29 is 9.18 Å². The molecule has 3 rings (SSSR count). The highest BCUT2D eigenvalue weighted by molar-refractivity contribution is 6.32. The number of hydrogen-bond acceptors (Lipinski definition) is 3. The maximum atomic E-state index is 13.2. The Balaban J connectivity index is 1.68. The number of aromatic nitrogens is 1. The lowest BCUT2D eigenvalue weighted by atomic mass is 10.2. The molecule has 0 bridgehead atoms. The van der Waals surface area contributed by atoms with Crippen LogP contribution in [0, 0.1) is 5.82 Å². The fourth-order valence-corrected chi connectivity index (χ4v) is 2.66. The first-order valence-electron chi connectivity index (χ1n) is 6.49. The zero-order valence-corrected chi connectivity index (χ0v) is 11.2. The topological polar surface area (TPSA) is 36.4 Å². The number of carbonyl (C=O) groups is 1. The van der Waals surface area contributed by atoms with Crippen molar-refractivity contribution >= 4 is 17.5 Å². The van der Waals surface area contributed by atoms with Crippen LogP contribution in [0.4, 0.5) is 4.39 Å². The molecule has 0 aromatic carbocycles. The second-order valence-corrected chi connectivity index (χ2v) is 5.41. The van der Waals surface area contributed by atoms with Gasteiger partial charge < -0.3 is 4.90 Å². The van der Waals surface area contributed by atoms with Crippen LogP contribution in [0.15, 0.2) is 12.3 Å². The molecule has 19 heavy (non-hydrogen) atoms. The minimum atomic E-state index is -0.538. The maximum Gasteiger partial charge on any atom is 0.257 e. The van der Waals surface area contributed by atoms with Gasteiger partial charge >= 0.3 is 0 Å². The number of amides is 1. The molecule has 2 fully saturated rings. The van der Waals surface area contributed by atoms with E-state index in [4.69, 9.17) is 11.6 Å². The van der Waals surface area contributed by atoms with Gasteiger partial charge in [0.05, 0.1) is 11.8 Å². The summed E-state index contributed by atoms with van der Waals surface area (Å²) in [5.41, 5.74) is 0.154. The van der Waals surface area contributed by atoms with Crippen LogP contribution >= 0.6 is 11.6 Å². The molecule has 1 aromatic heterocycles. The standard InChI is InChI=1S/C13H15ClFN3O/c14-12-11(7-9(15)8-16-12)13(19)18-5-3-17(4-6-18)10-1-2-10/h7-8,10H,1-6H2. The summed E-state index contributed by atoms with van der Waals surface area (Å²) in [6.07, 6.45) is 3.56. The number of rotatable bonds is 2. The molecule has 1 saturated heterocycles. The summed E-state index contributed by atoms with van der Waals surface area (Å²) in [5.74, 6) is -0.767. The fourth-order valence-electron chi connectivity index (χ4n) is 2.47. The Hall–Kier alpha value is -1.20. The van der Waals surface area contributed by atoms with Crippen LogP contribution in [0.1, 0.15) is 23.2 Å². The Morgan fingerprint density at radius 1 is 1.32 bits per heavy atom. The van der Waals surface area contributed by atoms with Crippen LogP contribution < -0.4 is 0 Å². The van der Waals surface area contributed by atoms with Gasteiger partial charge in [-0.3, -0.25) is 9.69 Å². The molecule has 1 amide bonds. The van der Waals surface area contributed by atoms with Crippen LogP contribution in [0.2, 0.25) is 5.15 Å². The van der Waals surface area contributed by atoms with Crippen molar-refractivity contribution in [2.24, 2.45) is 0 Å². The van der Waals surface area contributed by atoms with E-state index >= 15 is 0 Å². The number of halogens is 2. The quantitative estimate of drug-likeness (QED) is 0.777. The summed E-state index contributed by atoms with van der Waals surface area (Å²) in [6, 6.07) is 1.88. The molecule has 0 atom stereocenters. The minimum absolute atomic E-state index is 0.0658. The van der Waals surface area contributed by atoms with E-state index in [2.05, 4.69) is 9.88 Å². The summed E-state index contributed by atoms with van der Waals surface area (Å²) in [4.78, 5) is 20.1. The predicted octanol–water partition coefficient (Wildman–Crippen LogP) is 1.79. The molecule has 1 aromatic rings. The molecule has 2 heterocycles. The van der Waals surface area contributed by atoms with E-state index in [1.165, 1.54) is 12.8 Å². The van der Waals surface area contributed by atoms with Gasteiger partial charge in [-0.2, -0.15) is 0 Å². The van der Waals surface area contributed by atoms with E-state index in [0.29, 0.717) is 13.1 Å². The molecular formula is C13H15ClFN3O. The van der Waals surface area contributed by atoms with Crippen molar-refractivity contribution in [3.05, 3.63) is 28.8 Å². The second kappa shape index (κ2) is 5.06. The van der Waals surface area contributed by atoms with Gasteiger partial charge in [0.1, 0.15) is 11.0 Å². The fraction of sp³-hybridized carbons (Fsp3) is 0.538. The highest BCUT2D eigenvalue weighted by Crippen LogP contribution is 2.28. The van der Waals surface area contributed by atoms with Gasteiger partial charge in [-0.05, 0) is 18.9 Å². The van der Waals surface area contributed by atoms with Gasteiger partial charge in [0.15, 0.2) is 0 Å². The molecule has 0 unspecified atom stereocenters. The van der Waals surface area contributed by atoms with Gasteiger partial charge in [-0.25, -0.2) is 9.37 Å². The van der Waals surface area contributed by atoms with E-state index in [1.807, 2.05) is 0 Å². The van der Waals surface area contributed by atoms with Gasteiger partial charge in [-0.15, -0.1) is 0 Å². The smallest absolute Gasteiger partial charge is 0.257 e. The Morgan fingerprint density at radius 3 is 2.63 bits per heavy atom. The largest absolute Gasteiger partial charge is 0.336 e. The third-order valence-electron chi connectivity index (χ3n) is 3.70. The van der Waals surface area contributed by atoms with Crippen molar-refractivity contribution in [1.29, 1.82) is 0 Å². The average molecular weight is 284 g/mol. The first kappa shape index (κ1) is 12.8. The zero-order chi connectivity index (χ0) is 13.4. The lowest BCUT2D eigenvalue weighted by Crippen LogP contribution is -2.49. The lowest BCUT2D eigenvalue weighted by molar-refractivity contribution is 0.0626. The van der Waals surface area contributed by atoms with Crippen LogP contribution in [0.25, 0.3) is 0 Å². The van der Waals surface area contributed by atoms with Gasteiger partial charge in [0.2, 0.25) is 0 Å². The first-order valence-corrected chi connectivity index (χ1v) is 6.87. The Labute approximate surface area is 116 Å².